The van der Waals surface area contributed by atoms with E-state index in [9.17, 15) is 14.4 Å². The maximum Gasteiger partial charge on any atom is 0.308 e. The number of aliphatic carboxylic acids is 1. The average molecular weight is 331 g/mol. The third-order valence-electron chi connectivity index (χ3n) is 4.51. The summed E-state index contributed by atoms with van der Waals surface area (Å²) in [6, 6.07) is 7.02. The van der Waals surface area contributed by atoms with Gasteiger partial charge in [0.15, 0.2) is 0 Å². The summed E-state index contributed by atoms with van der Waals surface area (Å²) in [4.78, 5) is 39.1. The lowest BCUT2D eigenvalue weighted by Crippen LogP contribution is -2.32. The molecule has 0 unspecified atom stereocenters. The first-order valence-electron chi connectivity index (χ1n) is 8.19. The minimum Gasteiger partial charge on any atom is -0.481 e. The predicted octanol–water partition coefficient (Wildman–Crippen LogP) is 1.16. The molecule has 1 aromatic rings. The zero-order valence-corrected chi connectivity index (χ0v) is 13.4. The Kier molecular flexibility index (Phi) is 4.80. The largest absolute Gasteiger partial charge is 0.481 e. The Bertz CT molecular complexity index is 655. The molecule has 2 N–H and O–H groups in total. The molecule has 2 amide bonds. The summed E-state index contributed by atoms with van der Waals surface area (Å²) in [6.07, 6.45) is 2.22. The van der Waals surface area contributed by atoms with Crippen LogP contribution < -0.4 is 10.2 Å². The maximum atomic E-state index is 12.2. The van der Waals surface area contributed by atoms with Crippen molar-refractivity contribution in [2.24, 2.45) is 5.92 Å². The molecule has 0 aromatic heterocycles. The number of carboxylic acid groups (broad SMARTS) is 1. The highest BCUT2D eigenvalue weighted by Gasteiger charge is 2.36. The standard InChI is InChI=1S/C17H21N3O4/c21-15(11-19-7-3-4-8-19)18-13-5-1-2-6-14(13)20-10-12(17(23)24)9-16(20)22/h1-2,5-6,12H,3-4,7-11H2,(H,18,21)(H,23,24)/t12-/m0/s1. The molecular weight excluding hydrogens is 310 g/mol. The molecule has 0 saturated carbocycles. The second-order valence-electron chi connectivity index (χ2n) is 6.29. The lowest BCUT2D eigenvalue weighted by molar-refractivity contribution is -0.141. The van der Waals surface area contributed by atoms with Crippen molar-refractivity contribution in [1.29, 1.82) is 0 Å². The van der Waals surface area contributed by atoms with E-state index in [1.807, 2.05) is 0 Å². The van der Waals surface area contributed by atoms with E-state index in [1.54, 1.807) is 24.3 Å². The summed E-state index contributed by atoms with van der Waals surface area (Å²) in [5, 5.41) is 12.0. The van der Waals surface area contributed by atoms with E-state index in [4.69, 9.17) is 5.11 Å². The summed E-state index contributed by atoms with van der Waals surface area (Å²) >= 11 is 0. The number of rotatable bonds is 5. The topological polar surface area (TPSA) is 90.0 Å². The molecule has 2 fully saturated rings. The number of nitrogens with one attached hydrogen (secondary N) is 1. The van der Waals surface area contributed by atoms with Crippen LogP contribution in [0.25, 0.3) is 0 Å². The highest BCUT2D eigenvalue weighted by Crippen LogP contribution is 2.31. The molecule has 2 saturated heterocycles. The van der Waals surface area contributed by atoms with Crippen molar-refractivity contribution in [2.75, 3.05) is 36.4 Å². The van der Waals surface area contributed by atoms with Crippen LogP contribution in [-0.4, -0.2) is 54.0 Å². The summed E-state index contributed by atoms with van der Waals surface area (Å²) in [5.74, 6) is -2.03. The molecule has 3 rings (SSSR count). The summed E-state index contributed by atoms with van der Waals surface area (Å²) in [5.41, 5.74) is 1.10. The van der Waals surface area contributed by atoms with Crippen LogP contribution in [0.2, 0.25) is 0 Å². The zero-order valence-electron chi connectivity index (χ0n) is 13.4. The quantitative estimate of drug-likeness (QED) is 0.845. The van der Waals surface area contributed by atoms with Gasteiger partial charge in [-0.05, 0) is 38.1 Å². The van der Waals surface area contributed by atoms with E-state index < -0.39 is 11.9 Å². The first-order chi connectivity index (χ1) is 11.5. The van der Waals surface area contributed by atoms with Gasteiger partial charge in [0.05, 0.1) is 23.8 Å². The van der Waals surface area contributed by atoms with Crippen LogP contribution in [0, 0.1) is 5.92 Å². The Labute approximate surface area is 140 Å². The smallest absolute Gasteiger partial charge is 0.308 e. The summed E-state index contributed by atoms with van der Waals surface area (Å²) in [7, 11) is 0. The lowest BCUT2D eigenvalue weighted by atomic mass is 10.1. The van der Waals surface area contributed by atoms with Gasteiger partial charge >= 0.3 is 5.97 Å². The van der Waals surface area contributed by atoms with E-state index in [2.05, 4.69) is 10.2 Å². The van der Waals surface area contributed by atoms with Crippen molar-refractivity contribution >= 4 is 29.2 Å². The van der Waals surface area contributed by atoms with Gasteiger partial charge in [0, 0.05) is 13.0 Å². The predicted molar refractivity (Wildman–Crippen MR) is 88.8 cm³/mol. The van der Waals surface area contributed by atoms with Crippen LogP contribution in [0.4, 0.5) is 11.4 Å². The van der Waals surface area contributed by atoms with Crippen LogP contribution in [0.3, 0.4) is 0 Å². The molecule has 0 aliphatic carbocycles. The molecule has 2 aliphatic rings. The molecule has 1 atom stereocenters. The molecule has 7 heteroatoms. The van der Waals surface area contributed by atoms with Crippen molar-refractivity contribution < 1.29 is 19.5 Å². The molecule has 128 valence electrons. The molecule has 7 nitrogen and oxygen atoms in total. The van der Waals surface area contributed by atoms with Crippen molar-refractivity contribution in [3.63, 3.8) is 0 Å². The van der Waals surface area contributed by atoms with Crippen LogP contribution in [0.15, 0.2) is 24.3 Å². The summed E-state index contributed by atoms with van der Waals surface area (Å²) in [6.45, 7) is 2.33. The van der Waals surface area contributed by atoms with Gasteiger partial charge in [-0.15, -0.1) is 0 Å². The number of anilines is 2. The Morgan fingerprint density at radius 2 is 1.92 bits per heavy atom. The van der Waals surface area contributed by atoms with Gasteiger partial charge in [0.25, 0.3) is 0 Å². The van der Waals surface area contributed by atoms with Crippen LogP contribution in [-0.2, 0) is 14.4 Å². The highest BCUT2D eigenvalue weighted by atomic mass is 16.4. The molecule has 0 bridgehead atoms. The fourth-order valence-electron chi connectivity index (χ4n) is 3.25. The number of nitrogens with zero attached hydrogens (tertiary/aromatic N) is 2. The number of carbonyl (C=O) groups is 3. The molecule has 24 heavy (non-hydrogen) atoms. The van der Waals surface area contributed by atoms with Crippen molar-refractivity contribution in [3.05, 3.63) is 24.3 Å². The number of likely N-dealkylation sites (tertiary alicyclic amines) is 1. The number of para-hydroxylation sites is 2. The van der Waals surface area contributed by atoms with Crippen LogP contribution in [0.5, 0.6) is 0 Å². The molecule has 2 heterocycles. The first kappa shape index (κ1) is 16.4. The molecule has 0 radical (unpaired) electrons. The van der Waals surface area contributed by atoms with Crippen LogP contribution in [0.1, 0.15) is 19.3 Å². The molecule has 1 aromatic carbocycles. The SMILES string of the molecule is O=C(CN1CCCC1)Nc1ccccc1N1C[C@@H](C(=O)O)CC1=O. The average Bonchev–Trinajstić information content (AvgIpc) is 3.17. The van der Waals surface area contributed by atoms with Crippen molar-refractivity contribution in [2.45, 2.75) is 19.3 Å². The Morgan fingerprint density at radius 3 is 2.58 bits per heavy atom. The Hall–Kier alpha value is -2.41. The van der Waals surface area contributed by atoms with Crippen LogP contribution >= 0.6 is 0 Å². The fourth-order valence-corrected chi connectivity index (χ4v) is 3.25. The van der Waals surface area contributed by atoms with Gasteiger partial charge in [0.1, 0.15) is 0 Å². The third kappa shape index (κ3) is 3.56. The molecule has 0 spiro atoms. The number of benzene rings is 1. The van der Waals surface area contributed by atoms with E-state index in [0.29, 0.717) is 17.9 Å². The number of hydrogen-bond donors (Lipinski definition) is 2. The molecule has 2 aliphatic heterocycles. The van der Waals surface area contributed by atoms with Gasteiger partial charge in [-0.2, -0.15) is 0 Å². The minimum atomic E-state index is -0.971. The van der Waals surface area contributed by atoms with E-state index >= 15 is 0 Å². The van der Waals surface area contributed by atoms with E-state index in [0.717, 1.165) is 25.9 Å². The van der Waals surface area contributed by atoms with E-state index in [-0.39, 0.29) is 24.8 Å². The van der Waals surface area contributed by atoms with E-state index in [1.165, 1.54) is 4.90 Å². The van der Waals surface area contributed by atoms with Gasteiger partial charge < -0.3 is 15.3 Å². The second-order valence-corrected chi connectivity index (χ2v) is 6.29. The van der Waals surface area contributed by atoms with Gasteiger partial charge in [-0.25, -0.2) is 0 Å². The lowest BCUT2D eigenvalue weighted by Gasteiger charge is -2.21. The number of carboxylic acids is 1. The van der Waals surface area contributed by atoms with Gasteiger partial charge in [-0.3, -0.25) is 19.3 Å². The molecular formula is C17H21N3O4. The highest BCUT2D eigenvalue weighted by molar-refractivity contribution is 6.04. The number of carbonyl (C=O) groups excluding carboxylic acids is 2. The Morgan fingerprint density at radius 1 is 1.21 bits per heavy atom. The fraction of sp³-hybridized carbons (Fsp3) is 0.471. The van der Waals surface area contributed by atoms with Crippen molar-refractivity contribution in [1.82, 2.24) is 4.90 Å². The normalized spacial score (nSPS) is 21.2. The van der Waals surface area contributed by atoms with Crippen molar-refractivity contribution in [3.8, 4) is 0 Å². The van der Waals surface area contributed by atoms with Gasteiger partial charge in [0.2, 0.25) is 11.8 Å². The number of amides is 2. The Balaban J connectivity index is 1.72. The monoisotopic (exact) mass is 331 g/mol. The minimum absolute atomic E-state index is 0.00854. The first-order valence-corrected chi connectivity index (χ1v) is 8.19. The third-order valence-corrected chi connectivity index (χ3v) is 4.51. The van der Waals surface area contributed by atoms with Gasteiger partial charge in [-0.1, -0.05) is 12.1 Å². The maximum absolute atomic E-state index is 12.2. The number of hydrogen-bond acceptors (Lipinski definition) is 4. The zero-order chi connectivity index (χ0) is 17.1. The summed E-state index contributed by atoms with van der Waals surface area (Å²) < 4.78 is 0. The second kappa shape index (κ2) is 7.00.